The van der Waals surface area contributed by atoms with E-state index in [4.69, 9.17) is 4.18 Å². The van der Waals surface area contributed by atoms with Crippen LogP contribution >= 0.6 is 0 Å². The topological polar surface area (TPSA) is 69.7 Å². The van der Waals surface area contributed by atoms with Gasteiger partial charge in [-0.1, -0.05) is 54.6 Å². The van der Waals surface area contributed by atoms with Crippen molar-refractivity contribution in [2.45, 2.75) is 11.8 Å². The first kappa shape index (κ1) is 18.7. The van der Waals surface area contributed by atoms with E-state index in [0.717, 1.165) is 5.56 Å². The Labute approximate surface area is 158 Å². The number of esters is 1. The van der Waals surface area contributed by atoms with Crippen LogP contribution in [0.5, 0.6) is 5.75 Å². The smallest absolute Gasteiger partial charge is 0.339 e. The second-order valence-electron chi connectivity index (χ2n) is 5.87. The van der Waals surface area contributed by atoms with Gasteiger partial charge in [0.25, 0.3) is 0 Å². The van der Waals surface area contributed by atoms with Crippen molar-refractivity contribution in [3.8, 4) is 16.9 Å². The fourth-order valence-electron chi connectivity index (χ4n) is 2.67. The molecule has 0 atom stereocenters. The van der Waals surface area contributed by atoms with Crippen LogP contribution in [0.15, 0.2) is 77.7 Å². The number of rotatable bonds is 5. The van der Waals surface area contributed by atoms with Crippen molar-refractivity contribution in [3.63, 3.8) is 0 Å². The summed E-state index contributed by atoms with van der Waals surface area (Å²) in [4.78, 5) is 11.7. The zero-order valence-corrected chi connectivity index (χ0v) is 15.7. The zero-order valence-electron chi connectivity index (χ0n) is 14.9. The summed E-state index contributed by atoms with van der Waals surface area (Å²) < 4.78 is 35.9. The molecule has 3 aromatic rings. The van der Waals surface area contributed by atoms with Crippen LogP contribution in [0.1, 0.15) is 15.9 Å². The highest BCUT2D eigenvalue weighted by atomic mass is 32.2. The molecule has 0 aliphatic rings. The molecule has 0 aromatic heterocycles. The molecule has 0 radical (unpaired) electrons. The molecular formula is C21H18O5S. The Morgan fingerprint density at radius 2 is 1.56 bits per heavy atom. The second-order valence-corrected chi connectivity index (χ2v) is 7.39. The minimum atomic E-state index is -4.15. The van der Waals surface area contributed by atoms with Crippen LogP contribution in [-0.2, 0) is 14.9 Å². The molecule has 6 heteroatoms. The molecule has 0 saturated carbocycles. The number of aryl methyl sites for hydroxylation is 1. The maximum atomic E-state index is 12.9. The summed E-state index contributed by atoms with van der Waals surface area (Å²) in [7, 11) is -2.91. The van der Waals surface area contributed by atoms with Gasteiger partial charge in [-0.15, -0.1) is 0 Å². The number of carbonyl (C=O) groups excluding carboxylic acids is 1. The summed E-state index contributed by atoms with van der Waals surface area (Å²) in [5, 5.41) is 0. The Hall–Kier alpha value is -3.12. The number of carbonyl (C=O) groups is 1. The Morgan fingerprint density at radius 1 is 0.889 bits per heavy atom. The quantitative estimate of drug-likeness (QED) is 0.488. The van der Waals surface area contributed by atoms with Crippen molar-refractivity contribution in [1.29, 1.82) is 0 Å². The molecule has 0 aliphatic carbocycles. The molecule has 0 bridgehead atoms. The van der Waals surface area contributed by atoms with Gasteiger partial charge < -0.3 is 8.92 Å². The summed E-state index contributed by atoms with van der Waals surface area (Å²) in [6.07, 6.45) is 0. The van der Waals surface area contributed by atoms with Crippen molar-refractivity contribution in [2.75, 3.05) is 7.11 Å². The van der Waals surface area contributed by atoms with Crippen molar-refractivity contribution in [1.82, 2.24) is 0 Å². The van der Waals surface area contributed by atoms with E-state index >= 15 is 0 Å². The molecule has 3 aromatic carbocycles. The zero-order chi connectivity index (χ0) is 19.4. The highest BCUT2D eigenvalue weighted by Crippen LogP contribution is 2.32. The lowest BCUT2D eigenvalue weighted by Crippen LogP contribution is -2.13. The van der Waals surface area contributed by atoms with Gasteiger partial charge in [0.1, 0.15) is 4.90 Å². The SMILES string of the molecule is COC(=O)c1ccc(C)c(S(=O)(=O)Oc2ccccc2-c2ccccc2)c1. The van der Waals surface area contributed by atoms with Gasteiger partial charge in [-0.05, 0) is 36.2 Å². The number of benzene rings is 3. The van der Waals surface area contributed by atoms with E-state index in [9.17, 15) is 13.2 Å². The normalized spacial score (nSPS) is 11.0. The van der Waals surface area contributed by atoms with Gasteiger partial charge in [0, 0.05) is 5.56 Å². The molecule has 27 heavy (non-hydrogen) atoms. The molecular weight excluding hydrogens is 364 g/mol. The van der Waals surface area contributed by atoms with Crippen molar-refractivity contribution in [2.24, 2.45) is 0 Å². The fraction of sp³-hybridized carbons (Fsp3) is 0.0952. The van der Waals surface area contributed by atoms with Gasteiger partial charge in [-0.2, -0.15) is 8.42 Å². The number of para-hydroxylation sites is 1. The minimum Gasteiger partial charge on any atom is -0.465 e. The third-order valence-corrected chi connectivity index (χ3v) is 5.43. The highest BCUT2D eigenvalue weighted by molar-refractivity contribution is 7.87. The average molecular weight is 382 g/mol. The lowest BCUT2D eigenvalue weighted by molar-refractivity contribution is 0.0600. The molecule has 0 saturated heterocycles. The van der Waals surface area contributed by atoms with E-state index < -0.39 is 16.1 Å². The van der Waals surface area contributed by atoms with Gasteiger partial charge in [0.2, 0.25) is 0 Å². The Balaban J connectivity index is 2.03. The molecule has 5 nitrogen and oxygen atoms in total. The monoisotopic (exact) mass is 382 g/mol. The first-order valence-corrected chi connectivity index (χ1v) is 9.61. The maximum absolute atomic E-state index is 12.9. The van der Waals surface area contributed by atoms with E-state index in [1.54, 1.807) is 31.2 Å². The Bertz CT molecular complexity index is 1070. The van der Waals surface area contributed by atoms with Gasteiger partial charge in [0.15, 0.2) is 5.75 Å². The van der Waals surface area contributed by atoms with E-state index in [0.29, 0.717) is 11.1 Å². The van der Waals surface area contributed by atoms with Crippen LogP contribution in [-0.4, -0.2) is 21.5 Å². The molecule has 0 heterocycles. The molecule has 0 fully saturated rings. The number of hydrogen-bond donors (Lipinski definition) is 0. The predicted molar refractivity (Wildman–Crippen MR) is 102 cm³/mol. The third kappa shape index (κ3) is 4.01. The molecule has 0 spiro atoms. The number of methoxy groups -OCH3 is 1. The lowest BCUT2D eigenvalue weighted by atomic mass is 10.1. The second kappa shape index (κ2) is 7.63. The lowest BCUT2D eigenvalue weighted by Gasteiger charge is -2.13. The third-order valence-electron chi connectivity index (χ3n) is 4.05. The Morgan fingerprint density at radius 3 is 2.26 bits per heavy atom. The van der Waals surface area contributed by atoms with Gasteiger partial charge in [-0.25, -0.2) is 4.79 Å². The molecule has 3 rings (SSSR count). The molecule has 0 N–H and O–H groups in total. The van der Waals surface area contributed by atoms with E-state index in [1.807, 2.05) is 36.4 Å². The van der Waals surface area contributed by atoms with Crippen LogP contribution in [0, 0.1) is 6.92 Å². The summed E-state index contributed by atoms with van der Waals surface area (Å²) >= 11 is 0. The van der Waals surface area contributed by atoms with Crippen LogP contribution in [0.25, 0.3) is 11.1 Å². The summed E-state index contributed by atoms with van der Waals surface area (Å²) in [5.41, 5.74) is 2.10. The van der Waals surface area contributed by atoms with Crippen LogP contribution in [0.3, 0.4) is 0 Å². The van der Waals surface area contributed by atoms with Crippen LogP contribution in [0.4, 0.5) is 0 Å². The maximum Gasteiger partial charge on any atom is 0.339 e. The van der Waals surface area contributed by atoms with Crippen molar-refractivity contribution >= 4 is 16.1 Å². The number of ether oxygens (including phenoxy) is 1. The first-order chi connectivity index (χ1) is 12.9. The fourth-order valence-corrected chi connectivity index (χ4v) is 3.88. The van der Waals surface area contributed by atoms with Crippen LogP contribution in [0.2, 0.25) is 0 Å². The van der Waals surface area contributed by atoms with Gasteiger partial charge >= 0.3 is 16.1 Å². The van der Waals surface area contributed by atoms with E-state index in [2.05, 4.69) is 4.74 Å². The summed E-state index contributed by atoms with van der Waals surface area (Å²) in [5.74, 6) is -0.400. The average Bonchev–Trinajstić information content (AvgIpc) is 2.68. The van der Waals surface area contributed by atoms with Crippen LogP contribution < -0.4 is 4.18 Å². The number of hydrogen-bond acceptors (Lipinski definition) is 5. The van der Waals surface area contributed by atoms with Gasteiger partial charge in [-0.3, -0.25) is 0 Å². The minimum absolute atomic E-state index is 0.0757. The predicted octanol–water partition coefficient (Wildman–Crippen LogP) is 4.22. The molecule has 138 valence electrons. The van der Waals surface area contributed by atoms with Crippen molar-refractivity contribution in [3.05, 3.63) is 83.9 Å². The summed E-state index contributed by atoms with van der Waals surface area (Å²) in [6.45, 7) is 1.64. The largest absolute Gasteiger partial charge is 0.465 e. The molecule has 0 unspecified atom stereocenters. The first-order valence-electron chi connectivity index (χ1n) is 8.20. The van der Waals surface area contributed by atoms with Gasteiger partial charge in [0.05, 0.1) is 12.7 Å². The van der Waals surface area contributed by atoms with E-state index in [-0.39, 0.29) is 16.2 Å². The summed E-state index contributed by atoms with van der Waals surface area (Å²) in [6, 6.07) is 20.6. The molecule has 0 aliphatic heterocycles. The standard InChI is InChI=1S/C21H18O5S/c1-15-12-13-17(21(22)25-2)14-20(15)27(23,24)26-19-11-7-6-10-18(19)16-8-4-3-5-9-16/h3-14H,1-2H3. The highest BCUT2D eigenvalue weighted by Gasteiger charge is 2.23. The molecule has 0 amide bonds. The Kier molecular flexibility index (Phi) is 5.28. The van der Waals surface area contributed by atoms with Crippen molar-refractivity contribution < 1.29 is 22.1 Å². The van der Waals surface area contributed by atoms with E-state index in [1.165, 1.54) is 19.2 Å².